The molecule has 14 heteroatoms. The molecule has 0 saturated carbocycles. The lowest BCUT2D eigenvalue weighted by atomic mass is 10.3. The Hall–Kier alpha value is -0.260. The van der Waals surface area contributed by atoms with Gasteiger partial charge >= 0.3 is 0 Å². The summed E-state index contributed by atoms with van der Waals surface area (Å²) in [6.45, 7) is 5.87. The van der Waals surface area contributed by atoms with Gasteiger partial charge in [-0.05, 0) is 0 Å². The molecule has 0 radical (unpaired) electrons. The molecule has 0 amide bonds. The number of aliphatic hydroxyl groups excluding tert-OH is 3. The van der Waals surface area contributed by atoms with Crippen molar-refractivity contribution in [2.45, 2.75) is 0 Å². The highest BCUT2D eigenvalue weighted by atomic mass is 32.2. The second-order valence-corrected chi connectivity index (χ2v) is 8.22. The number of hydrogen-bond donors (Lipinski definition) is 4. The molecule has 1 saturated heterocycles. The van der Waals surface area contributed by atoms with Crippen LogP contribution in [0.15, 0.2) is 0 Å². The molecule has 1 fully saturated rings. The molecule has 1 unspecified atom stereocenters. The number of nitrogens with zero attached hydrogens (tertiary/aromatic N) is 3. The molecule has 28 heavy (non-hydrogen) atoms. The minimum absolute atomic E-state index is 0.106. The second-order valence-electron chi connectivity index (χ2n) is 6.01. The van der Waals surface area contributed by atoms with E-state index in [9.17, 15) is 17.2 Å². The summed E-state index contributed by atoms with van der Waals surface area (Å²) in [4.78, 5) is 5.89. The van der Waals surface area contributed by atoms with E-state index in [1.54, 1.807) is 4.90 Å². The van der Waals surface area contributed by atoms with Gasteiger partial charge in [-0.2, -0.15) is 8.42 Å². The fourth-order valence-corrected chi connectivity index (χ4v) is 3.17. The van der Waals surface area contributed by atoms with Crippen LogP contribution in [-0.4, -0.2) is 143 Å². The highest BCUT2D eigenvalue weighted by Crippen LogP contribution is 2.00. The lowest BCUT2D eigenvalue weighted by Crippen LogP contribution is -2.47. The van der Waals surface area contributed by atoms with E-state index in [0.717, 1.165) is 32.7 Å². The van der Waals surface area contributed by atoms with Gasteiger partial charge in [-0.3, -0.25) is 23.4 Å². The molecule has 0 bridgehead atoms. The van der Waals surface area contributed by atoms with Crippen molar-refractivity contribution in [1.29, 1.82) is 0 Å². The van der Waals surface area contributed by atoms with Crippen molar-refractivity contribution in [1.82, 2.24) is 14.7 Å². The van der Waals surface area contributed by atoms with Crippen molar-refractivity contribution in [3.8, 4) is 0 Å². The van der Waals surface area contributed by atoms with Crippen LogP contribution in [0.2, 0.25) is 0 Å². The summed E-state index contributed by atoms with van der Waals surface area (Å²) >= 11 is -2.40. The zero-order valence-electron chi connectivity index (χ0n) is 15.9. The zero-order chi connectivity index (χ0) is 21.4. The largest absolute Gasteiger partial charge is 0.750 e. The second kappa shape index (κ2) is 16.5. The molecule has 12 nitrogen and oxygen atoms in total. The lowest BCUT2D eigenvalue weighted by molar-refractivity contribution is 0.102. The minimum Gasteiger partial charge on any atom is -0.750 e. The molecular formula is C14H32N3O9S2-. The van der Waals surface area contributed by atoms with E-state index in [2.05, 4.69) is 14.0 Å². The summed E-state index contributed by atoms with van der Waals surface area (Å²) in [5.74, 6) is -0.382. The maximum Gasteiger partial charge on any atom is 0.266 e. The average Bonchev–Trinajstić information content (AvgIpc) is 2.61. The number of hydrogen-bond acceptors (Lipinski definition) is 11. The average molecular weight is 451 g/mol. The molecule has 1 atom stereocenters. The first-order valence-corrected chi connectivity index (χ1v) is 11.5. The fourth-order valence-electron chi connectivity index (χ4n) is 2.48. The van der Waals surface area contributed by atoms with Gasteiger partial charge in [-0.25, -0.2) is 4.21 Å². The molecule has 4 N–H and O–H groups in total. The van der Waals surface area contributed by atoms with Gasteiger partial charge < -0.3 is 19.9 Å². The van der Waals surface area contributed by atoms with Gasteiger partial charge in [0.1, 0.15) is 0 Å². The Morgan fingerprint density at radius 2 is 1.43 bits per heavy atom. The summed E-state index contributed by atoms with van der Waals surface area (Å²) in [5, 5.41) is 25.9. The van der Waals surface area contributed by atoms with Gasteiger partial charge in [0.2, 0.25) is 0 Å². The van der Waals surface area contributed by atoms with Crippen molar-refractivity contribution in [3.63, 3.8) is 0 Å². The third kappa shape index (κ3) is 16.7. The molecule has 1 aliphatic rings. The molecule has 1 heterocycles. The molecular weight excluding hydrogens is 418 g/mol. The molecule has 0 spiro atoms. The Morgan fingerprint density at radius 3 is 1.82 bits per heavy atom. The molecule has 170 valence electrons. The normalized spacial score (nSPS) is 17.4. The Balaban J connectivity index is 0.000000528. The van der Waals surface area contributed by atoms with E-state index < -0.39 is 21.5 Å². The highest BCUT2D eigenvalue weighted by molar-refractivity contribution is 7.85. The van der Waals surface area contributed by atoms with Gasteiger partial charge in [0.25, 0.3) is 10.1 Å². The van der Waals surface area contributed by atoms with Gasteiger partial charge in [0.15, 0.2) is 0 Å². The number of rotatable bonds is 13. The fraction of sp³-hybridized carbons (Fsp3) is 1.00. The standard InChI is InChI=1S/C8H18N2O4S.C6H15NO5S/c11-7-5-9-1-3-10(4-2-9)6-8-14-15(12)13;8-4-1-7(2-5-9)3-6-13(10,11)12/h11H,1-8H2,(H,12,13);8-9H,1-6H2,(H,10,11,12)/p-1. The maximum atomic E-state index is 10.3. The van der Waals surface area contributed by atoms with Gasteiger partial charge in [-0.15, -0.1) is 0 Å². The van der Waals surface area contributed by atoms with Gasteiger partial charge in [0.05, 0.1) is 43.5 Å². The van der Waals surface area contributed by atoms with Crippen LogP contribution in [0.5, 0.6) is 0 Å². The molecule has 0 aromatic rings. The molecule has 0 aliphatic carbocycles. The van der Waals surface area contributed by atoms with Gasteiger partial charge in [0, 0.05) is 58.9 Å². The van der Waals surface area contributed by atoms with Crippen LogP contribution in [0.25, 0.3) is 0 Å². The predicted molar refractivity (Wildman–Crippen MR) is 102 cm³/mol. The highest BCUT2D eigenvalue weighted by Gasteiger charge is 2.15. The summed E-state index contributed by atoms with van der Waals surface area (Å²) in [6, 6.07) is 0. The van der Waals surface area contributed by atoms with Gasteiger partial charge in [-0.1, -0.05) is 0 Å². The number of aliphatic hydroxyl groups is 3. The van der Waals surface area contributed by atoms with Crippen molar-refractivity contribution in [3.05, 3.63) is 0 Å². The predicted octanol–water partition coefficient (Wildman–Crippen LogP) is -3.43. The number of piperazine rings is 1. The third-order valence-electron chi connectivity index (χ3n) is 3.97. The first-order valence-electron chi connectivity index (χ1n) is 8.89. The Morgan fingerprint density at radius 1 is 0.929 bits per heavy atom. The van der Waals surface area contributed by atoms with Crippen LogP contribution in [-0.2, 0) is 25.7 Å². The summed E-state index contributed by atoms with van der Waals surface area (Å²) in [5.41, 5.74) is 0. The topological polar surface area (TPSA) is 174 Å². The summed E-state index contributed by atoms with van der Waals surface area (Å²) in [7, 11) is -3.96. The summed E-state index contributed by atoms with van der Waals surface area (Å²) in [6.07, 6.45) is 0. The van der Waals surface area contributed by atoms with E-state index >= 15 is 0 Å². The van der Waals surface area contributed by atoms with Crippen LogP contribution >= 0.6 is 0 Å². The van der Waals surface area contributed by atoms with Crippen molar-refractivity contribution < 1.29 is 41.2 Å². The molecule has 1 rings (SSSR count). The molecule has 0 aromatic heterocycles. The zero-order valence-corrected chi connectivity index (χ0v) is 17.5. The quantitative estimate of drug-likeness (QED) is 0.162. The lowest BCUT2D eigenvalue weighted by Gasteiger charge is -2.34. The van der Waals surface area contributed by atoms with Crippen LogP contribution < -0.4 is 0 Å². The smallest absolute Gasteiger partial charge is 0.266 e. The van der Waals surface area contributed by atoms with Crippen LogP contribution in [0.3, 0.4) is 0 Å². The van der Waals surface area contributed by atoms with Crippen LogP contribution in [0.4, 0.5) is 0 Å². The first kappa shape index (κ1) is 27.7. The molecule has 1 aliphatic heterocycles. The van der Waals surface area contributed by atoms with Crippen molar-refractivity contribution in [2.24, 2.45) is 0 Å². The Kier molecular flexibility index (Phi) is 16.4. The van der Waals surface area contributed by atoms with Crippen molar-refractivity contribution >= 4 is 21.5 Å². The van der Waals surface area contributed by atoms with Crippen LogP contribution in [0, 0.1) is 0 Å². The minimum atomic E-state index is -3.96. The maximum absolute atomic E-state index is 10.3. The van der Waals surface area contributed by atoms with E-state index in [1.165, 1.54) is 0 Å². The van der Waals surface area contributed by atoms with E-state index in [4.69, 9.17) is 19.9 Å². The Labute approximate surface area is 168 Å². The summed E-state index contributed by atoms with van der Waals surface area (Å²) < 4.78 is 53.8. The first-order chi connectivity index (χ1) is 13.2. The SMILES string of the molecule is O=S(=O)(O)CCN(CCO)CCO.O=S([O-])OCCN1CCN(CCO)CC1. The van der Waals surface area contributed by atoms with E-state index in [0.29, 0.717) is 6.54 Å². The third-order valence-corrected chi connectivity index (χ3v) is 5.02. The van der Waals surface area contributed by atoms with E-state index in [1.807, 2.05) is 0 Å². The Bertz CT molecular complexity index is 496. The van der Waals surface area contributed by atoms with Crippen molar-refractivity contribution in [2.75, 3.05) is 91.1 Å². The van der Waals surface area contributed by atoms with E-state index in [-0.39, 0.29) is 51.8 Å². The number of β-amino-alcohol motifs (C(OH)–C–C–N with tert-alkyl or cyclic N) is 1. The molecule has 0 aromatic carbocycles. The monoisotopic (exact) mass is 450 g/mol. The van der Waals surface area contributed by atoms with Crippen LogP contribution in [0.1, 0.15) is 0 Å².